The van der Waals surface area contributed by atoms with E-state index in [1.54, 1.807) is 42.7 Å². The van der Waals surface area contributed by atoms with Crippen molar-refractivity contribution in [3.05, 3.63) is 54.4 Å². The molecule has 10 heteroatoms. The van der Waals surface area contributed by atoms with Gasteiger partial charge in [-0.3, -0.25) is 14.6 Å². The number of anilines is 1. The van der Waals surface area contributed by atoms with Gasteiger partial charge in [0.2, 0.25) is 17.0 Å². The molecule has 2 heterocycles. The molecule has 3 rings (SSSR count). The molecule has 0 aliphatic heterocycles. The van der Waals surface area contributed by atoms with Crippen LogP contribution < -0.4 is 16.9 Å². The molecule has 0 atom stereocenters. The summed E-state index contributed by atoms with van der Waals surface area (Å²) < 4.78 is 1.32. The van der Waals surface area contributed by atoms with Crippen molar-refractivity contribution in [2.24, 2.45) is 5.73 Å². The van der Waals surface area contributed by atoms with Crippen LogP contribution in [0.3, 0.4) is 0 Å². The lowest BCUT2D eigenvalue weighted by Crippen LogP contribution is -2.16. The second-order valence-corrected chi connectivity index (χ2v) is 6.14. The summed E-state index contributed by atoms with van der Waals surface area (Å²) in [5, 5.41) is 11.1. The van der Waals surface area contributed by atoms with Gasteiger partial charge in [0.15, 0.2) is 5.82 Å². The van der Waals surface area contributed by atoms with Crippen molar-refractivity contribution in [2.45, 2.75) is 5.16 Å². The van der Waals surface area contributed by atoms with Crippen molar-refractivity contribution in [3.8, 4) is 11.4 Å². The molecule has 0 spiro atoms. The van der Waals surface area contributed by atoms with Gasteiger partial charge in [0.25, 0.3) is 0 Å². The number of carbonyl (C=O) groups is 2. The molecule has 0 aliphatic rings. The molecule has 0 radical (unpaired) electrons. The van der Waals surface area contributed by atoms with Crippen LogP contribution in [0.25, 0.3) is 11.4 Å². The first-order valence-electron chi connectivity index (χ1n) is 7.48. The highest BCUT2D eigenvalue weighted by Crippen LogP contribution is 2.21. The Morgan fingerprint density at radius 2 is 1.92 bits per heavy atom. The number of hydrogen-bond donors (Lipinski definition) is 3. The number of primary amides is 1. The Kier molecular flexibility index (Phi) is 5.13. The Labute approximate surface area is 152 Å². The van der Waals surface area contributed by atoms with Crippen LogP contribution in [-0.2, 0) is 4.79 Å². The van der Waals surface area contributed by atoms with Gasteiger partial charge in [0.05, 0.1) is 5.75 Å². The van der Waals surface area contributed by atoms with E-state index in [0.717, 1.165) is 17.3 Å². The van der Waals surface area contributed by atoms with Crippen LogP contribution >= 0.6 is 11.8 Å². The summed E-state index contributed by atoms with van der Waals surface area (Å²) in [7, 11) is 0. The fraction of sp³-hybridized carbons (Fsp3) is 0.0625. The maximum atomic E-state index is 12.1. The summed E-state index contributed by atoms with van der Waals surface area (Å²) in [6.07, 6.45) is 3.28. The van der Waals surface area contributed by atoms with Gasteiger partial charge in [-0.2, -0.15) is 0 Å². The molecule has 2 amide bonds. The molecule has 0 aliphatic carbocycles. The van der Waals surface area contributed by atoms with Gasteiger partial charge in [-0.1, -0.05) is 11.8 Å². The number of carbonyl (C=O) groups excluding carboxylic acids is 2. The van der Waals surface area contributed by atoms with Crippen LogP contribution in [0.2, 0.25) is 0 Å². The van der Waals surface area contributed by atoms with Crippen molar-refractivity contribution in [2.75, 3.05) is 16.9 Å². The molecular weight excluding hydrogens is 354 g/mol. The molecule has 26 heavy (non-hydrogen) atoms. The number of thioether (sulfide) groups is 1. The highest BCUT2D eigenvalue weighted by molar-refractivity contribution is 7.99. The molecule has 2 aromatic heterocycles. The van der Waals surface area contributed by atoms with Gasteiger partial charge in [-0.25, -0.2) is 4.68 Å². The van der Waals surface area contributed by atoms with E-state index in [9.17, 15) is 9.59 Å². The summed E-state index contributed by atoms with van der Waals surface area (Å²) >= 11 is 1.16. The quantitative estimate of drug-likeness (QED) is 0.432. The predicted molar refractivity (Wildman–Crippen MR) is 97.7 cm³/mol. The first-order chi connectivity index (χ1) is 12.5. The zero-order valence-electron chi connectivity index (χ0n) is 13.5. The van der Waals surface area contributed by atoms with Gasteiger partial charge in [-0.15, -0.1) is 10.2 Å². The maximum Gasteiger partial charge on any atom is 0.248 e. The number of nitrogens with zero attached hydrogens (tertiary/aromatic N) is 4. The van der Waals surface area contributed by atoms with E-state index in [1.807, 2.05) is 6.07 Å². The maximum absolute atomic E-state index is 12.1. The molecule has 3 aromatic rings. The summed E-state index contributed by atoms with van der Waals surface area (Å²) in [6.45, 7) is 0. The number of rotatable bonds is 6. The lowest BCUT2D eigenvalue weighted by atomic mass is 10.2. The Balaban J connectivity index is 1.60. The molecule has 0 saturated carbocycles. The second-order valence-electron chi connectivity index (χ2n) is 5.20. The number of aromatic nitrogens is 4. The van der Waals surface area contributed by atoms with Crippen molar-refractivity contribution in [1.82, 2.24) is 19.9 Å². The smallest absolute Gasteiger partial charge is 0.248 e. The molecule has 0 unspecified atom stereocenters. The highest BCUT2D eigenvalue weighted by Gasteiger charge is 2.14. The van der Waals surface area contributed by atoms with E-state index in [4.69, 9.17) is 11.6 Å². The SMILES string of the molecule is NC(=O)c1ccc(NC(=O)CSc2nnc(-c3cccnc3)n2N)cc1. The summed E-state index contributed by atoms with van der Waals surface area (Å²) in [5.41, 5.74) is 6.84. The van der Waals surface area contributed by atoms with Crippen LogP contribution in [0.4, 0.5) is 5.69 Å². The van der Waals surface area contributed by atoms with Crippen LogP contribution in [0.5, 0.6) is 0 Å². The van der Waals surface area contributed by atoms with Crippen LogP contribution in [-0.4, -0.2) is 37.4 Å². The van der Waals surface area contributed by atoms with E-state index in [0.29, 0.717) is 22.2 Å². The average molecular weight is 369 g/mol. The van der Waals surface area contributed by atoms with Gasteiger partial charge in [0, 0.05) is 29.2 Å². The Morgan fingerprint density at radius 1 is 1.15 bits per heavy atom. The zero-order valence-corrected chi connectivity index (χ0v) is 14.3. The normalized spacial score (nSPS) is 10.5. The number of nitrogen functional groups attached to an aromatic ring is 1. The lowest BCUT2D eigenvalue weighted by Gasteiger charge is -2.06. The van der Waals surface area contributed by atoms with Gasteiger partial charge in [-0.05, 0) is 36.4 Å². The van der Waals surface area contributed by atoms with Crippen molar-refractivity contribution in [1.29, 1.82) is 0 Å². The summed E-state index contributed by atoms with van der Waals surface area (Å²) in [5.74, 6) is 5.78. The highest BCUT2D eigenvalue weighted by atomic mass is 32.2. The summed E-state index contributed by atoms with van der Waals surface area (Å²) in [6, 6.07) is 9.89. The third-order valence-electron chi connectivity index (χ3n) is 3.37. The Bertz CT molecular complexity index is 926. The Hall–Kier alpha value is -3.40. The largest absolute Gasteiger partial charge is 0.366 e. The second kappa shape index (κ2) is 7.66. The van der Waals surface area contributed by atoms with Crippen molar-refractivity contribution >= 4 is 29.3 Å². The molecule has 0 fully saturated rings. The van der Waals surface area contributed by atoms with Crippen molar-refractivity contribution in [3.63, 3.8) is 0 Å². The molecule has 1 aromatic carbocycles. The van der Waals surface area contributed by atoms with Crippen molar-refractivity contribution < 1.29 is 9.59 Å². The van der Waals surface area contributed by atoms with Crippen LogP contribution in [0, 0.1) is 0 Å². The average Bonchev–Trinajstić information content (AvgIpc) is 3.02. The van der Waals surface area contributed by atoms with E-state index >= 15 is 0 Å². The van der Waals surface area contributed by atoms with Crippen LogP contribution in [0.15, 0.2) is 53.9 Å². The fourth-order valence-electron chi connectivity index (χ4n) is 2.11. The summed E-state index contributed by atoms with van der Waals surface area (Å²) in [4.78, 5) is 27.1. The van der Waals surface area contributed by atoms with Crippen LogP contribution in [0.1, 0.15) is 10.4 Å². The third-order valence-corrected chi connectivity index (χ3v) is 4.31. The standard InChI is InChI=1S/C16H15N7O2S/c17-14(25)10-3-5-12(6-4-10)20-13(24)9-26-16-22-21-15(23(16)18)11-2-1-7-19-8-11/h1-8H,9,18H2,(H2,17,25)(H,20,24). The minimum Gasteiger partial charge on any atom is -0.366 e. The zero-order chi connectivity index (χ0) is 18.5. The third kappa shape index (κ3) is 3.98. The minimum atomic E-state index is -0.523. The van der Waals surface area contributed by atoms with Gasteiger partial charge in [0.1, 0.15) is 0 Å². The van der Waals surface area contributed by atoms with E-state index in [1.165, 1.54) is 4.68 Å². The van der Waals surface area contributed by atoms with E-state index in [-0.39, 0.29) is 11.7 Å². The number of amides is 2. The van der Waals surface area contributed by atoms with E-state index in [2.05, 4.69) is 20.5 Å². The lowest BCUT2D eigenvalue weighted by molar-refractivity contribution is -0.113. The number of benzene rings is 1. The predicted octanol–water partition coefficient (Wildman–Crippen LogP) is 0.884. The monoisotopic (exact) mass is 369 g/mol. The Morgan fingerprint density at radius 3 is 2.58 bits per heavy atom. The molecule has 9 nitrogen and oxygen atoms in total. The minimum absolute atomic E-state index is 0.0972. The number of nitrogens with two attached hydrogens (primary N) is 2. The number of hydrogen-bond acceptors (Lipinski definition) is 7. The molecule has 0 saturated heterocycles. The molecular formula is C16H15N7O2S. The van der Waals surface area contributed by atoms with Gasteiger partial charge >= 0.3 is 0 Å². The molecule has 132 valence electrons. The molecule has 0 bridgehead atoms. The van der Waals surface area contributed by atoms with Gasteiger partial charge < -0.3 is 16.9 Å². The fourth-order valence-corrected chi connectivity index (χ4v) is 2.77. The van der Waals surface area contributed by atoms with E-state index < -0.39 is 5.91 Å². The number of nitrogens with one attached hydrogen (secondary N) is 1. The topological polar surface area (TPSA) is 142 Å². The first-order valence-corrected chi connectivity index (χ1v) is 8.46. The number of pyridine rings is 1. The molecule has 5 N–H and O–H groups in total. The first kappa shape index (κ1) is 17.4.